The van der Waals surface area contributed by atoms with E-state index in [0.717, 1.165) is 47.0 Å². The van der Waals surface area contributed by atoms with Crippen LogP contribution in [-0.2, 0) is 20.9 Å². The van der Waals surface area contributed by atoms with Crippen molar-refractivity contribution in [2.45, 2.75) is 13.6 Å². The lowest BCUT2D eigenvalue weighted by molar-refractivity contribution is -0.126. The van der Waals surface area contributed by atoms with Gasteiger partial charge in [-0.3, -0.25) is 9.79 Å². The Morgan fingerprint density at radius 2 is 2.12 bits per heavy atom. The van der Waals surface area contributed by atoms with Gasteiger partial charge in [0.25, 0.3) is 6.47 Å². The largest absolute Gasteiger partial charge is 0.471 e. The highest BCUT2D eigenvalue weighted by Gasteiger charge is 2.18. The number of H-pyrrole nitrogens is 1. The normalized spacial score (nSPS) is 14.7. The summed E-state index contributed by atoms with van der Waals surface area (Å²) in [6, 6.07) is 8.24. The average Bonchev–Trinajstić information content (AvgIpc) is 3.55. The Balaban J connectivity index is 0.000000751. The Bertz CT molecular complexity index is 1140. The van der Waals surface area contributed by atoms with E-state index in [1.807, 2.05) is 42.1 Å². The molecule has 1 aliphatic rings. The van der Waals surface area contributed by atoms with Gasteiger partial charge in [0.15, 0.2) is 5.96 Å². The average molecular weight is 466 g/mol. The SMILES string of the molecule is C/C=C/c1cn(C/N=C(\NC(=NC)N2CCOCC2)c2cccc3[nH]ccc23)cn1.COC=O. The van der Waals surface area contributed by atoms with Crippen LogP contribution in [0, 0.1) is 0 Å². The molecule has 180 valence electrons. The minimum atomic E-state index is 0.375. The summed E-state index contributed by atoms with van der Waals surface area (Å²) in [6.45, 7) is 5.81. The summed E-state index contributed by atoms with van der Waals surface area (Å²) in [5, 5.41) is 4.60. The van der Waals surface area contributed by atoms with Gasteiger partial charge in [-0.15, -0.1) is 0 Å². The smallest absolute Gasteiger partial charge is 0.292 e. The number of allylic oxidation sites excluding steroid dienone is 1. The van der Waals surface area contributed by atoms with Gasteiger partial charge in [-0.1, -0.05) is 18.2 Å². The molecule has 1 saturated heterocycles. The van der Waals surface area contributed by atoms with E-state index in [2.05, 4.69) is 48.1 Å². The summed E-state index contributed by atoms with van der Waals surface area (Å²) >= 11 is 0. The lowest BCUT2D eigenvalue weighted by atomic mass is 10.1. The summed E-state index contributed by atoms with van der Waals surface area (Å²) in [5.74, 6) is 1.57. The third-order valence-electron chi connectivity index (χ3n) is 5.08. The van der Waals surface area contributed by atoms with Crippen molar-refractivity contribution in [3.05, 3.63) is 60.3 Å². The molecule has 0 unspecified atom stereocenters. The van der Waals surface area contributed by atoms with Crippen LogP contribution in [0.15, 0.2) is 59.0 Å². The molecule has 0 spiro atoms. The molecule has 2 N–H and O–H groups in total. The number of guanidine groups is 1. The molecular formula is C24H31N7O3. The van der Waals surface area contributed by atoms with Gasteiger partial charge in [0.2, 0.25) is 0 Å². The maximum Gasteiger partial charge on any atom is 0.292 e. The molecule has 0 bridgehead atoms. The van der Waals surface area contributed by atoms with Gasteiger partial charge in [-0.25, -0.2) is 9.98 Å². The molecule has 4 rings (SSSR count). The standard InChI is InChI=1S/C22H27N7O.C2H4O2/c1-3-5-17-14-28(15-25-17)16-26-21(19-6-4-7-20-18(19)8-9-24-20)27-22(23-2)29-10-12-30-13-11-29;1-4-2-3/h3-9,14-15,24H,10-13,16H2,1-2H3,(H,23,26,27);2H,1H3/b5-3+;. The zero-order valence-corrected chi connectivity index (χ0v) is 19.8. The number of imidazole rings is 1. The van der Waals surface area contributed by atoms with Crippen LogP contribution < -0.4 is 5.32 Å². The second-order valence-electron chi connectivity index (χ2n) is 7.31. The predicted molar refractivity (Wildman–Crippen MR) is 134 cm³/mol. The molecule has 0 atom stereocenters. The Morgan fingerprint density at radius 3 is 2.82 bits per heavy atom. The van der Waals surface area contributed by atoms with E-state index in [1.54, 1.807) is 13.4 Å². The number of hydrogen-bond acceptors (Lipinski definition) is 6. The summed E-state index contributed by atoms with van der Waals surface area (Å²) in [6.07, 6.45) is 9.67. The zero-order valence-electron chi connectivity index (χ0n) is 19.8. The molecule has 3 aromatic rings. The molecule has 0 saturated carbocycles. The van der Waals surface area contributed by atoms with E-state index in [9.17, 15) is 0 Å². The quantitative estimate of drug-likeness (QED) is 0.340. The van der Waals surface area contributed by atoms with E-state index >= 15 is 0 Å². The number of aromatic amines is 1. The number of nitrogens with one attached hydrogen (secondary N) is 2. The minimum Gasteiger partial charge on any atom is -0.471 e. The lowest BCUT2D eigenvalue weighted by Gasteiger charge is -2.30. The summed E-state index contributed by atoms with van der Waals surface area (Å²) in [4.78, 5) is 28.2. The number of amidine groups is 1. The van der Waals surface area contributed by atoms with Crippen molar-refractivity contribution in [2.75, 3.05) is 40.5 Å². The van der Waals surface area contributed by atoms with Crippen molar-refractivity contribution in [1.82, 2.24) is 24.8 Å². The topological polar surface area (TPSA) is 109 Å². The van der Waals surface area contributed by atoms with Crippen molar-refractivity contribution < 1.29 is 14.3 Å². The van der Waals surface area contributed by atoms with Crippen LogP contribution in [0.25, 0.3) is 17.0 Å². The van der Waals surface area contributed by atoms with E-state index in [4.69, 9.17) is 14.5 Å². The number of nitrogens with zero attached hydrogens (tertiary/aromatic N) is 5. The number of fused-ring (bicyclic) bond motifs is 1. The van der Waals surface area contributed by atoms with Gasteiger partial charge >= 0.3 is 0 Å². The molecule has 3 heterocycles. The fourth-order valence-corrected chi connectivity index (χ4v) is 3.51. The lowest BCUT2D eigenvalue weighted by Crippen LogP contribution is -2.49. The van der Waals surface area contributed by atoms with Gasteiger partial charge in [0, 0.05) is 49.0 Å². The number of carbonyl (C=O) groups is 1. The first-order valence-corrected chi connectivity index (χ1v) is 11.0. The Morgan fingerprint density at radius 1 is 1.32 bits per heavy atom. The number of aliphatic imine (C=N–C) groups is 2. The molecule has 10 heteroatoms. The molecule has 0 aliphatic carbocycles. The highest BCUT2D eigenvalue weighted by molar-refractivity contribution is 6.15. The van der Waals surface area contributed by atoms with Gasteiger partial charge in [-0.2, -0.15) is 0 Å². The van der Waals surface area contributed by atoms with Crippen molar-refractivity contribution in [2.24, 2.45) is 9.98 Å². The maximum atomic E-state index is 8.95. The van der Waals surface area contributed by atoms with Crippen LogP contribution in [0.1, 0.15) is 18.2 Å². The highest BCUT2D eigenvalue weighted by Crippen LogP contribution is 2.18. The number of ether oxygens (including phenoxy) is 2. The van der Waals surface area contributed by atoms with Crippen molar-refractivity contribution >= 4 is 35.2 Å². The summed E-state index contributed by atoms with van der Waals surface area (Å²) in [7, 11) is 3.11. The molecule has 1 fully saturated rings. The number of rotatable bonds is 5. The number of benzene rings is 1. The molecule has 1 aromatic carbocycles. The fraction of sp³-hybridized carbons (Fsp3) is 0.333. The number of carbonyl (C=O) groups excluding carboxylic acids is 1. The van der Waals surface area contributed by atoms with Crippen molar-refractivity contribution in [3.8, 4) is 0 Å². The Labute approximate surface area is 199 Å². The van der Waals surface area contributed by atoms with Crippen LogP contribution in [0.4, 0.5) is 0 Å². The van der Waals surface area contributed by atoms with Crippen LogP contribution in [0.3, 0.4) is 0 Å². The third kappa shape index (κ3) is 6.55. The molecule has 2 aromatic heterocycles. The summed E-state index contributed by atoms with van der Waals surface area (Å²) < 4.78 is 11.3. The van der Waals surface area contributed by atoms with Gasteiger partial charge in [0.1, 0.15) is 12.5 Å². The van der Waals surface area contributed by atoms with Gasteiger partial charge in [-0.05, 0) is 25.1 Å². The second-order valence-corrected chi connectivity index (χ2v) is 7.31. The number of methoxy groups -OCH3 is 1. The minimum absolute atomic E-state index is 0.375. The van der Waals surface area contributed by atoms with E-state index < -0.39 is 0 Å². The Hall–Kier alpha value is -3.92. The molecular weight excluding hydrogens is 434 g/mol. The van der Waals surface area contributed by atoms with E-state index in [0.29, 0.717) is 26.4 Å². The maximum absolute atomic E-state index is 8.95. The van der Waals surface area contributed by atoms with Gasteiger partial charge in [0.05, 0.1) is 32.3 Å². The first-order chi connectivity index (χ1) is 16.7. The number of aromatic nitrogens is 3. The number of morpholine rings is 1. The summed E-state index contributed by atoms with van der Waals surface area (Å²) in [5.41, 5.74) is 3.01. The van der Waals surface area contributed by atoms with Crippen LogP contribution >= 0.6 is 0 Å². The highest BCUT2D eigenvalue weighted by atomic mass is 16.5. The fourth-order valence-electron chi connectivity index (χ4n) is 3.51. The first kappa shape index (κ1) is 24.7. The molecule has 0 amide bonds. The van der Waals surface area contributed by atoms with Crippen LogP contribution in [0.5, 0.6) is 0 Å². The molecule has 34 heavy (non-hydrogen) atoms. The van der Waals surface area contributed by atoms with E-state index in [1.165, 1.54) is 7.11 Å². The third-order valence-corrected chi connectivity index (χ3v) is 5.08. The van der Waals surface area contributed by atoms with Crippen molar-refractivity contribution in [1.29, 1.82) is 0 Å². The zero-order chi connectivity index (χ0) is 24.2. The van der Waals surface area contributed by atoms with E-state index in [-0.39, 0.29) is 0 Å². The van der Waals surface area contributed by atoms with Crippen LogP contribution in [0.2, 0.25) is 0 Å². The van der Waals surface area contributed by atoms with Crippen LogP contribution in [-0.4, -0.2) is 78.2 Å². The number of hydrogen-bond donors (Lipinski definition) is 2. The van der Waals surface area contributed by atoms with Crippen molar-refractivity contribution in [3.63, 3.8) is 0 Å². The molecule has 10 nitrogen and oxygen atoms in total. The van der Waals surface area contributed by atoms with Gasteiger partial charge < -0.3 is 29.2 Å². The predicted octanol–water partition coefficient (Wildman–Crippen LogP) is 2.50. The second kappa shape index (κ2) is 12.9. The monoisotopic (exact) mass is 465 g/mol. The molecule has 0 radical (unpaired) electrons. The molecule has 1 aliphatic heterocycles. The Kier molecular flexibility index (Phi) is 9.41. The first-order valence-electron chi connectivity index (χ1n) is 11.0.